The number of nitrogens with zero attached hydrogens (tertiary/aromatic N) is 2. The first kappa shape index (κ1) is 14.8. The number of aromatic nitrogens is 2. The minimum Gasteiger partial charge on any atom is -0.349 e. The maximum Gasteiger partial charge on any atom is 0.269 e. The molecule has 0 radical (unpaired) electrons. The fourth-order valence-corrected chi connectivity index (χ4v) is 2.58. The largest absolute Gasteiger partial charge is 0.349 e. The Hall–Kier alpha value is -2.14. The van der Waals surface area contributed by atoms with E-state index in [0.717, 1.165) is 29.4 Å². The van der Waals surface area contributed by atoms with Crippen LogP contribution in [0.5, 0.6) is 0 Å². The quantitative estimate of drug-likeness (QED) is 0.859. The second kappa shape index (κ2) is 6.32. The van der Waals surface area contributed by atoms with Crippen molar-refractivity contribution in [1.29, 1.82) is 0 Å². The molecule has 5 heteroatoms. The topological polar surface area (TPSA) is 61.0 Å². The molecule has 1 aromatic carbocycles. The molecule has 1 heterocycles. The van der Waals surface area contributed by atoms with Crippen LogP contribution in [-0.4, -0.2) is 47.2 Å². The number of likely N-dealkylation sites (N-methyl/N-ethyl adjacent to an activating group) is 1. The standard InChI is InChI=1S/C17H22N4O/c1-12-5-3-4-6-14(12)15-11-16(20-19-15)17(22)18-9-10-21(2)13-7-8-13/h3-6,11,13H,7-10H2,1-2H3,(H,18,22)(H,19,20). The Morgan fingerprint density at radius 2 is 2.18 bits per heavy atom. The van der Waals surface area contributed by atoms with Gasteiger partial charge in [0.1, 0.15) is 5.69 Å². The Kier molecular flexibility index (Phi) is 4.24. The van der Waals surface area contributed by atoms with E-state index < -0.39 is 0 Å². The molecule has 3 rings (SSSR count). The van der Waals surface area contributed by atoms with Gasteiger partial charge in [-0.2, -0.15) is 5.10 Å². The number of H-pyrrole nitrogens is 1. The van der Waals surface area contributed by atoms with Crippen LogP contribution in [0.25, 0.3) is 11.3 Å². The van der Waals surface area contributed by atoms with E-state index in [9.17, 15) is 4.79 Å². The Labute approximate surface area is 130 Å². The van der Waals surface area contributed by atoms with Crippen LogP contribution in [0.1, 0.15) is 28.9 Å². The minimum atomic E-state index is -0.100. The molecule has 0 saturated heterocycles. The normalized spacial score (nSPS) is 14.3. The van der Waals surface area contributed by atoms with Crippen LogP contribution >= 0.6 is 0 Å². The molecule has 1 saturated carbocycles. The molecule has 1 fully saturated rings. The van der Waals surface area contributed by atoms with Gasteiger partial charge in [0.05, 0.1) is 5.69 Å². The number of aromatic amines is 1. The van der Waals surface area contributed by atoms with Gasteiger partial charge in [0.2, 0.25) is 0 Å². The van der Waals surface area contributed by atoms with Gasteiger partial charge in [-0.05, 0) is 38.4 Å². The third-order valence-electron chi connectivity index (χ3n) is 4.16. The highest BCUT2D eigenvalue weighted by Gasteiger charge is 2.25. The number of carbonyl (C=O) groups excluding carboxylic acids is 1. The number of benzene rings is 1. The number of hydrogen-bond donors (Lipinski definition) is 2. The minimum absolute atomic E-state index is 0.100. The molecule has 0 atom stereocenters. The van der Waals surface area contributed by atoms with E-state index in [1.165, 1.54) is 12.8 Å². The molecule has 1 amide bonds. The van der Waals surface area contributed by atoms with Gasteiger partial charge in [-0.3, -0.25) is 9.89 Å². The number of rotatable bonds is 6. The predicted octanol–water partition coefficient (Wildman–Crippen LogP) is 2.21. The van der Waals surface area contributed by atoms with Crippen molar-refractivity contribution in [1.82, 2.24) is 20.4 Å². The van der Waals surface area contributed by atoms with Crippen molar-refractivity contribution in [2.45, 2.75) is 25.8 Å². The highest BCUT2D eigenvalue weighted by Crippen LogP contribution is 2.24. The lowest BCUT2D eigenvalue weighted by atomic mass is 10.1. The van der Waals surface area contributed by atoms with E-state index in [1.807, 2.05) is 37.3 Å². The Morgan fingerprint density at radius 1 is 1.41 bits per heavy atom. The summed E-state index contributed by atoms with van der Waals surface area (Å²) in [5.74, 6) is -0.100. The van der Waals surface area contributed by atoms with Crippen LogP contribution < -0.4 is 5.32 Å². The lowest BCUT2D eigenvalue weighted by molar-refractivity contribution is 0.0944. The second-order valence-electron chi connectivity index (χ2n) is 5.95. The van der Waals surface area contributed by atoms with E-state index in [2.05, 4.69) is 27.5 Å². The van der Waals surface area contributed by atoms with Crippen LogP contribution in [0.3, 0.4) is 0 Å². The Balaban J connectivity index is 1.58. The van der Waals surface area contributed by atoms with Gasteiger partial charge in [-0.15, -0.1) is 0 Å². The van der Waals surface area contributed by atoms with Crippen molar-refractivity contribution in [3.8, 4) is 11.3 Å². The highest BCUT2D eigenvalue weighted by molar-refractivity contribution is 5.93. The zero-order chi connectivity index (χ0) is 15.5. The summed E-state index contributed by atoms with van der Waals surface area (Å²) in [5.41, 5.74) is 3.50. The number of aryl methyl sites for hydroxylation is 1. The monoisotopic (exact) mass is 298 g/mol. The molecule has 116 valence electrons. The summed E-state index contributed by atoms with van der Waals surface area (Å²) in [6, 6.07) is 10.6. The molecule has 22 heavy (non-hydrogen) atoms. The summed E-state index contributed by atoms with van der Waals surface area (Å²) in [7, 11) is 2.11. The van der Waals surface area contributed by atoms with E-state index in [0.29, 0.717) is 12.2 Å². The zero-order valence-corrected chi connectivity index (χ0v) is 13.1. The second-order valence-corrected chi connectivity index (χ2v) is 5.95. The molecule has 1 aromatic heterocycles. The predicted molar refractivity (Wildman–Crippen MR) is 86.7 cm³/mol. The average molecular weight is 298 g/mol. The lowest BCUT2D eigenvalue weighted by Gasteiger charge is -2.15. The summed E-state index contributed by atoms with van der Waals surface area (Å²) in [6.07, 6.45) is 2.57. The number of hydrogen-bond acceptors (Lipinski definition) is 3. The van der Waals surface area contributed by atoms with Crippen LogP contribution in [-0.2, 0) is 0 Å². The molecule has 0 bridgehead atoms. The van der Waals surface area contributed by atoms with E-state index in [-0.39, 0.29) is 5.91 Å². The molecular weight excluding hydrogens is 276 g/mol. The molecule has 2 aromatic rings. The molecule has 5 nitrogen and oxygen atoms in total. The van der Waals surface area contributed by atoms with Gasteiger partial charge in [-0.25, -0.2) is 0 Å². The van der Waals surface area contributed by atoms with Crippen molar-refractivity contribution < 1.29 is 4.79 Å². The molecule has 1 aliphatic carbocycles. The van der Waals surface area contributed by atoms with Gasteiger partial charge in [0.25, 0.3) is 5.91 Å². The first-order chi connectivity index (χ1) is 10.6. The Morgan fingerprint density at radius 3 is 2.91 bits per heavy atom. The first-order valence-electron chi connectivity index (χ1n) is 7.75. The van der Waals surface area contributed by atoms with Crippen LogP contribution in [0.4, 0.5) is 0 Å². The number of nitrogens with one attached hydrogen (secondary N) is 2. The maximum absolute atomic E-state index is 12.1. The number of amides is 1. The van der Waals surface area contributed by atoms with Crippen molar-refractivity contribution in [3.63, 3.8) is 0 Å². The van der Waals surface area contributed by atoms with Crippen molar-refractivity contribution in [3.05, 3.63) is 41.6 Å². The molecule has 2 N–H and O–H groups in total. The first-order valence-corrected chi connectivity index (χ1v) is 7.75. The zero-order valence-electron chi connectivity index (χ0n) is 13.1. The smallest absolute Gasteiger partial charge is 0.269 e. The Bertz CT molecular complexity index is 660. The van der Waals surface area contributed by atoms with Crippen molar-refractivity contribution in [2.24, 2.45) is 0 Å². The maximum atomic E-state index is 12.1. The van der Waals surface area contributed by atoms with Crippen molar-refractivity contribution >= 4 is 5.91 Å². The van der Waals surface area contributed by atoms with Gasteiger partial charge >= 0.3 is 0 Å². The van der Waals surface area contributed by atoms with Gasteiger partial charge in [-0.1, -0.05) is 24.3 Å². The van der Waals surface area contributed by atoms with Crippen LogP contribution in [0.2, 0.25) is 0 Å². The third-order valence-corrected chi connectivity index (χ3v) is 4.16. The average Bonchev–Trinajstić information content (AvgIpc) is 3.25. The number of carbonyl (C=O) groups is 1. The highest BCUT2D eigenvalue weighted by atomic mass is 16.1. The third kappa shape index (κ3) is 3.36. The molecule has 0 unspecified atom stereocenters. The molecule has 1 aliphatic rings. The SMILES string of the molecule is Cc1ccccc1-c1cc(C(=O)NCCN(C)C2CC2)[nH]n1. The fourth-order valence-electron chi connectivity index (χ4n) is 2.58. The van der Waals surface area contributed by atoms with Gasteiger partial charge in [0, 0.05) is 24.7 Å². The summed E-state index contributed by atoms with van der Waals surface area (Å²) in [5, 5.41) is 10.0. The fraction of sp³-hybridized carbons (Fsp3) is 0.412. The summed E-state index contributed by atoms with van der Waals surface area (Å²) < 4.78 is 0. The van der Waals surface area contributed by atoms with Crippen LogP contribution in [0, 0.1) is 6.92 Å². The van der Waals surface area contributed by atoms with E-state index >= 15 is 0 Å². The van der Waals surface area contributed by atoms with E-state index in [1.54, 1.807) is 0 Å². The summed E-state index contributed by atoms with van der Waals surface area (Å²) in [6.45, 7) is 3.58. The van der Waals surface area contributed by atoms with Crippen molar-refractivity contribution in [2.75, 3.05) is 20.1 Å². The van der Waals surface area contributed by atoms with Gasteiger partial charge < -0.3 is 10.2 Å². The molecular formula is C17H22N4O. The summed E-state index contributed by atoms with van der Waals surface area (Å²) >= 11 is 0. The molecule has 0 spiro atoms. The summed E-state index contributed by atoms with van der Waals surface area (Å²) in [4.78, 5) is 14.4. The molecule has 0 aliphatic heterocycles. The van der Waals surface area contributed by atoms with Gasteiger partial charge in [0.15, 0.2) is 0 Å². The van der Waals surface area contributed by atoms with Crippen LogP contribution in [0.15, 0.2) is 30.3 Å². The van der Waals surface area contributed by atoms with E-state index in [4.69, 9.17) is 0 Å². The lowest BCUT2D eigenvalue weighted by Crippen LogP contribution is -2.34.